The fourth-order valence-corrected chi connectivity index (χ4v) is 3.77. The molecule has 1 unspecified atom stereocenters. The Hall–Kier alpha value is -2.73. The van der Waals surface area contributed by atoms with Crippen LogP contribution in [0.5, 0.6) is 0 Å². The Morgan fingerprint density at radius 3 is 2.52 bits per heavy atom. The molecule has 1 aliphatic rings. The van der Waals surface area contributed by atoms with E-state index in [9.17, 15) is 8.78 Å². The smallest absolute Gasteiger partial charge is 0.128 e. The van der Waals surface area contributed by atoms with E-state index in [0.29, 0.717) is 41.9 Å². The molecule has 3 aromatic rings. The van der Waals surface area contributed by atoms with Gasteiger partial charge in [-0.2, -0.15) is 10.2 Å². The molecule has 1 aromatic heterocycles. The summed E-state index contributed by atoms with van der Waals surface area (Å²) >= 11 is 0. The van der Waals surface area contributed by atoms with Crippen molar-refractivity contribution in [3.8, 4) is 11.3 Å². The third-order valence-corrected chi connectivity index (χ3v) is 4.96. The van der Waals surface area contributed by atoms with Crippen molar-refractivity contribution in [3.63, 3.8) is 0 Å². The Morgan fingerprint density at radius 1 is 1.04 bits per heavy atom. The van der Waals surface area contributed by atoms with E-state index in [1.807, 2.05) is 13.1 Å². The number of aromatic nitrogens is 2. The monoisotopic (exact) mass is 369 g/mol. The molecule has 6 heteroatoms. The molecular formula is C21H18F3N3. The lowest BCUT2D eigenvalue weighted by Gasteiger charge is -2.20. The number of hydrogen-bond donors (Lipinski definition) is 0. The molecule has 1 atom stereocenters. The second-order valence-electron chi connectivity index (χ2n) is 6.92. The third-order valence-electron chi connectivity index (χ3n) is 4.96. The minimum Gasteiger partial charge on any atom is -0.302 e. The van der Waals surface area contributed by atoms with Crippen LogP contribution in [0.2, 0.25) is 0 Å². The highest BCUT2D eigenvalue weighted by Gasteiger charge is 2.27. The maximum Gasteiger partial charge on any atom is 0.128 e. The minimum absolute atomic E-state index is 0.391. The molecular weight excluding hydrogens is 351 g/mol. The second-order valence-corrected chi connectivity index (χ2v) is 6.92. The first-order chi connectivity index (χ1) is 13.0. The summed E-state index contributed by atoms with van der Waals surface area (Å²) in [7, 11) is 1.95. The normalized spacial score (nSPS) is 17.4. The van der Waals surface area contributed by atoms with Crippen LogP contribution >= 0.6 is 0 Å². The van der Waals surface area contributed by atoms with Crippen LogP contribution in [-0.4, -0.2) is 28.7 Å². The molecule has 27 heavy (non-hydrogen) atoms. The number of rotatable bonds is 2. The molecule has 0 amide bonds. The summed E-state index contributed by atoms with van der Waals surface area (Å²) in [6.07, 6.45) is 2.14. The Kier molecular flexibility index (Phi) is 4.66. The van der Waals surface area contributed by atoms with Crippen LogP contribution in [0.15, 0.2) is 48.7 Å². The van der Waals surface area contributed by atoms with Crippen molar-refractivity contribution >= 4 is 0 Å². The first-order valence-electron chi connectivity index (χ1n) is 8.76. The molecule has 0 N–H and O–H groups in total. The molecule has 2 heterocycles. The molecule has 0 saturated carbocycles. The van der Waals surface area contributed by atoms with Gasteiger partial charge in [-0.15, -0.1) is 0 Å². The number of fused-ring (bicyclic) bond motifs is 1. The molecule has 1 aliphatic heterocycles. The summed E-state index contributed by atoms with van der Waals surface area (Å²) in [6, 6.07) is 10.3. The van der Waals surface area contributed by atoms with Gasteiger partial charge in [-0.1, -0.05) is 0 Å². The van der Waals surface area contributed by atoms with Crippen LogP contribution in [-0.2, 0) is 6.54 Å². The van der Waals surface area contributed by atoms with E-state index in [0.717, 1.165) is 11.6 Å². The average molecular weight is 369 g/mol. The lowest BCUT2D eigenvalue weighted by atomic mass is 9.85. The van der Waals surface area contributed by atoms with E-state index in [4.69, 9.17) is 0 Å². The highest BCUT2D eigenvalue weighted by molar-refractivity contribution is 5.61. The zero-order valence-corrected chi connectivity index (χ0v) is 14.8. The first-order valence-corrected chi connectivity index (χ1v) is 8.76. The van der Waals surface area contributed by atoms with Gasteiger partial charge in [0.15, 0.2) is 0 Å². The lowest BCUT2D eigenvalue weighted by Crippen LogP contribution is -2.17. The van der Waals surface area contributed by atoms with Crippen LogP contribution in [0.3, 0.4) is 0 Å². The Bertz CT molecular complexity index is 956. The van der Waals surface area contributed by atoms with Crippen molar-refractivity contribution in [2.75, 3.05) is 13.6 Å². The quantitative estimate of drug-likeness (QED) is 0.665. The topological polar surface area (TPSA) is 29.0 Å². The van der Waals surface area contributed by atoms with E-state index < -0.39 is 23.4 Å². The molecule has 0 bridgehead atoms. The Balaban J connectivity index is 1.87. The number of halogens is 3. The number of hydrogen-bond acceptors (Lipinski definition) is 3. The van der Waals surface area contributed by atoms with Gasteiger partial charge in [-0.25, -0.2) is 13.2 Å². The van der Waals surface area contributed by atoms with E-state index >= 15 is 4.39 Å². The fourth-order valence-electron chi connectivity index (χ4n) is 3.77. The van der Waals surface area contributed by atoms with Gasteiger partial charge in [-0.3, -0.25) is 0 Å². The highest BCUT2D eigenvalue weighted by atomic mass is 19.1. The molecule has 2 aromatic carbocycles. The van der Waals surface area contributed by atoms with E-state index in [1.165, 1.54) is 18.2 Å². The minimum atomic E-state index is -0.652. The van der Waals surface area contributed by atoms with Gasteiger partial charge in [0.1, 0.15) is 17.5 Å². The van der Waals surface area contributed by atoms with Crippen molar-refractivity contribution in [1.29, 1.82) is 0 Å². The maximum atomic E-state index is 15.2. The van der Waals surface area contributed by atoms with Gasteiger partial charge in [0.2, 0.25) is 0 Å². The summed E-state index contributed by atoms with van der Waals surface area (Å²) in [5.74, 6) is -2.11. The van der Waals surface area contributed by atoms with Crippen molar-refractivity contribution in [2.45, 2.75) is 18.9 Å². The summed E-state index contributed by atoms with van der Waals surface area (Å²) in [4.78, 5) is 2.08. The molecule has 0 fully saturated rings. The summed E-state index contributed by atoms with van der Waals surface area (Å²) < 4.78 is 42.7. The molecule has 0 aliphatic carbocycles. The largest absolute Gasteiger partial charge is 0.302 e. The predicted molar refractivity (Wildman–Crippen MR) is 96.6 cm³/mol. The molecule has 0 saturated heterocycles. The van der Waals surface area contributed by atoms with Crippen LogP contribution < -0.4 is 0 Å². The highest BCUT2D eigenvalue weighted by Crippen LogP contribution is 2.38. The molecule has 3 nitrogen and oxygen atoms in total. The third kappa shape index (κ3) is 3.57. The van der Waals surface area contributed by atoms with Crippen molar-refractivity contribution in [2.24, 2.45) is 0 Å². The van der Waals surface area contributed by atoms with E-state index in [2.05, 4.69) is 15.1 Å². The standard InChI is InChI=1S/C21H18F3N3/c1-27-6-4-18(13-8-16(22)11-17(23)9-13)21-15(12-27)7-14(10-19(21)24)20-3-2-5-25-26-20/h2-3,5,7-11,18H,4,6,12H2,1H3. The molecule has 0 radical (unpaired) electrons. The van der Waals surface area contributed by atoms with Crippen LogP contribution in [0.25, 0.3) is 11.3 Å². The van der Waals surface area contributed by atoms with Crippen molar-refractivity contribution in [1.82, 2.24) is 15.1 Å². The van der Waals surface area contributed by atoms with Gasteiger partial charge < -0.3 is 4.90 Å². The van der Waals surface area contributed by atoms with Gasteiger partial charge in [0.25, 0.3) is 0 Å². The zero-order valence-electron chi connectivity index (χ0n) is 14.8. The summed E-state index contributed by atoms with van der Waals surface area (Å²) in [5, 5.41) is 7.90. The molecule has 4 rings (SSSR count). The average Bonchev–Trinajstić information content (AvgIpc) is 2.80. The molecule has 0 spiro atoms. The molecule has 138 valence electrons. The van der Waals surface area contributed by atoms with Crippen molar-refractivity contribution in [3.05, 3.63) is 82.8 Å². The Morgan fingerprint density at radius 2 is 1.81 bits per heavy atom. The maximum absolute atomic E-state index is 15.2. The fraction of sp³-hybridized carbons (Fsp3) is 0.238. The van der Waals surface area contributed by atoms with E-state index in [1.54, 1.807) is 18.3 Å². The predicted octanol–water partition coefficient (Wildman–Crippen LogP) is 4.53. The van der Waals surface area contributed by atoms with E-state index in [-0.39, 0.29) is 0 Å². The van der Waals surface area contributed by atoms with Crippen LogP contribution in [0, 0.1) is 17.5 Å². The summed E-state index contributed by atoms with van der Waals surface area (Å²) in [6.45, 7) is 1.24. The number of nitrogens with zero attached hydrogens (tertiary/aromatic N) is 3. The lowest BCUT2D eigenvalue weighted by molar-refractivity contribution is 0.328. The first kappa shape index (κ1) is 17.7. The summed E-state index contributed by atoms with van der Waals surface area (Å²) in [5.41, 5.74) is 2.97. The second kappa shape index (κ2) is 7.12. The number of benzene rings is 2. The van der Waals surface area contributed by atoms with Crippen LogP contribution in [0.4, 0.5) is 13.2 Å². The van der Waals surface area contributed by atoms with Crippen molar-refractivity contribution < 1.29 is 13.2 Å². The van der Waals surface area contributed by atoms with Gasteiger partial charge in [-0.05, 0) is 73.1 Å². The Labute approximate surface area is 155 Å². The van der Waals surface area contributed by atoms with Gasteiger partial charge in [0.05, 0.1) is 5.69 Å². The zero-order chi connectivity index (χ0) is 19.0. The van der Waals surface area contributed by atoms with Gasteiger partial charge >= 0.3 is 0 Å². The van der Waals surface area contributed by atoms with Crippen LogP contribution in [0.1, 0.15) is 29.0 Å². The van der Waals surface area contributed by atoms with Gasteiger partial charge in [0, 0.05) is 30.3 Å². The SMILES string of the molecule is CN1CCC(c2cc(F)cc(F)c2)c2c(F)cc(-c3cccnn3)cc2C1.